The molecule has 0 aliphatic rings. The lowest BCUT2D eigenvalue weighted by atomic mass is 10.1. The van der Waals surface area contributed by atoms with Crippen molar-refractivity contribution in [1.29, 1.82) is 0 Å². The topological polar surface area (TPSA) is 84.5 Å². The lowest BCUT2D eigenvalue weighted by Gasteiger charge is -2.19. The molecule has 0 bridgehead atoms. The first-order valence-corrected chi connectivity index (χ1v) is 7.96. The van der Waals surface area contributed by atoms with Crippen LogP contribution in [-0.2, 0) is 4.74 Å². The second kappa shape index (κ2) is 7.94. The Kier molecular flexibility index (Phi) is 5.89. The van der Waals surface area contributed by atoms with Crippen molar-refractivity contribution in [1.82, 2.24) is 5.32 Å². The van der Waals surface area contributed by atoms with Crippen LogP contribution in [0.15, 0.2) is 42.5 Å². The number of anilines is 1. The number of hydrogen-bond acceptors (Lipinski definition) is 4. The molecule has 6 nitrogen and oxygen atoms in total. The molecular weight excluding hydrogens is 358 g/mol. The van der Waals surface area contributed by atoms with Gasteiger partial charge in [0.1, 0.15) is 22.8 Å². The molecule has 8 heteroatoms. The highest BCUT2D eigenvalue weighted by molar-refractivity contribution is 6.08. The Morgan fingerprint density at radius 1 is 0.926 bits per heavy atom. The molecule has 0 spiro atoms. The summed E-state index contributed by atoms with van der Waals surface area (Å²) in [6, 6.07) is 7.65. The number of amides is 3. The van der Waals surface area contributed by atoms with E-state index in [-0.39, 0.29) is 11.3 Å². The number of ether oxygens (including phenoxy) is 1. The van der Waals surface area contributed by atoms with Crippen LogP contribution < -0.4 is 10.6 Å². The third-order valence-electron chi connectivity index (χ3n) is 3.19. The van der Waals surface area contributed by atoms with Crippen molar-refractivity contribution in [2.24, 2.45) is 0 Å². The summed E-state index contributed by atoms with van der Waals surface area (Å²) in [6.45, 7) is 5.21. The summed E-state index contributed by atoms with van der Waals surface area (Å²) in [5.74, 6) is -3.90. The zero-order chi connectivity index (χ0) is 20.2. The number of urea groups is 1. The number of esters is 1. The zero-order valence-corrected chi connectivity index (χ0v) is 14.9. The van der Waals surface area contributed by atoms with Crippen molar-refractivity contribution < 1.29 is 27.9 Å². The Morgan fingerprint density at radius 3 is 2.00 bits per heavy atom. The SMILES string of the molecule is CC(C)(C)OC(=O)c1ccc(NC(=O)NC(=O)c2c(F)cccc2F)cc1. The minimum atomic E-state index is -1.21. The molecule has 0 saturated heterocycles. The normalized spacial score (nSPS) is 10.9. The molecule has 0 unspecified atom stereocenters. The van der Waals surface area contributed by atoms with Crippen molar-refractivity contribution in [3.8, 4) is 0 Å². The predicted octanol–water partition coefficient (Wildman–Crippen LogP) is 3.88. The van der Waals surface area contributed by atoms with Crippen molar-refractivity contribution in [3.63, 3.8) is 0 Å². The van der Waals surface area contributed by atoms with Gasteiger partial charge in [0, 0.05) is 5.69 Å². The Labute approximate surface area is 154 Å². The average Bonchev–Trinajstić information content (AvgIpc) is 2.53. The van der Waals surface area contributed by atoms with Crippen LogP contribution in [0.4, 0.5) is 19.3 Å². The van der Waals surface area contributed by atoms with Gasteiger partial charge in [0.2, 0.25) is 0 Å². The van der Waals surface area contributed by atoms with Gasteiger partial charge in [-0.05, 0) is 57.2 Å². The summed E-state index contributed by atoms with van der Waals surface area (Å²) in [6.07, 6.45) is 0. The molecular formula is C19H18F2N2O4. The molecule has 3 amide bonds. The molecule has 0 saturated carbocycles. The quantitative estimate of drug-likeness (QED) is 0.796. The summed E-state index contributed by atoms with van der Waals surface area (Å²) in [5, 5.41) is 4.16. The van der Waals surface area contributed by atoms with Crippen molar-refractivity contribution in [2.75, 3.05) is 5.32 Å². The molecule has 2 aromatic rings. The van der Waals surface area contributed by atoms with Gasteiger partial charge in [-0.25, -0.2) is 18.4 Å². The predicted molar refractivity (Wildman–Crippen MR) is 94.5 cm³/mol. The first kappa shape index (κ1) is 20.0. The molecule has 2 rings (SSSR count). The number of hydrogen-bond donors (Lipinski definition) is 2. The average molecular weight is 376 g/mol. The summed E-state index contributed by atoms with van der Waals surface area (Å²) in [4.78, 5) is 35.6. The molecule has 2 N–H and O–H groups in total. The van der Waals surface area contributed by atoms with E-state index in [1.807, 2.05) is 5.32 Å². The van der Waals surface area contributed by atoms with E-state index >= 15 is 0 Å². The maximum Gasteiger partial charge on any atom is 0.338 e. The van der Waals surface area contributed by atoms with Crippen LogP contribution in [-0.4, -0.2) is 23.5 Å². The molecule has 2 aromatic carbocycles. The maximum atomic E-state index is 13.5. The third-order valence-corrected chi connectivity index (χ3v) is 3.19. The number of imide groups is 1. The van der Waals surface area contributed by atoms with E-state index in [4.69, 9.17) is 4.74 Å². The summed E-state index contributed by atoms with van der Waals surface area (Å²) in [5.41, 5.74) is -0.953. The second-order valence-corrected chi connectivity index (χ2v) is 6.58. The fourth-order valence-electron chi connectivity index (χ4n) is 2.07. The maximum absolute atomic E-state index is 13.5. The molecule has 0 radical (unpaired) electrons. The van der Waals surface area contributed by atoms with Crippen LogP contribution >= 0.6 is 0 Å². The Bertz CT molecular complexity index is 854. The smallest absolute Gasteiger partial charge is 0.338 e. The van der Waals surface area contributed by atoms with E-state index in [0.717, 1.165) is 18.2 Å². The molecule has 0 aliphatic carbocycles. The van der Waals surface area contributed by atoms with Gasteiger partial charge in [-0.1, -0.05) is 6.07 Å². The number of carbonyl (C=O) groups excluding carboxylic acids is 3. The summed E-state index contributed by atoms with van der Waals surface area (Å²) in [7, 11) is 0. The van der Waals surface area contributed by atoms with E-state index in [0.29, 0.717) is 0 Å². The molecule has 142 valence electrons. The van der Waals surface area contributed by atoms with Gasteiger partial charge >= 0.3 is 12.0 Å². The molecule has 0 fully saturated rings. The molecule has 0 aromatic heterocycles. The van der Waals surface area contributed by atoms with Crippen LogP contribution in [0, 0.1) is 11.6 Å². The first-order valence-electron chi connectivity index (χ1n) is 7.96. The van der Waals surface area contributed by atoms with E-state index in [1.165, 1.54) is 24.3 Å². The summed E-state index contributed by atoms with van der Waals surface area (Å²) >= 11 is 0. The number of rotatable bonds is 3. The monoisotopic (exact) mass is 376 g/mol. The van der Waals surface area contributed by atoms with E-state index in [1.54, 1.807) is 20.8 Å². The number of halogens is 2. The van der Waals surface area contributed by atoms with E-state index in [2.05, 4.69) is 5.32 Å². The van der Waals surface area contributed by atoms with Crippen molar-refractivity contribution in [2.45, 2.75) is 26.4 Å². The van der Waals surface area contributed by atoms with Gasteiger partial charge in [0.05, 0.1) is 5.56 Å². The molecule has 27 heavy (non-hydrogen) atoms. The fourth-order valence-corrected chi connectivity index (χ4v) is 2.07. The van der Waals surface area contributed by atoms with Crippen molar-refractivity contribution >= 4 is 23.6 Å². The lowest BCUT2D eigenvalue weighted by molar-refractivity contribution is 0.00694. The Hall–Kier alpha value is -3.29. The fraction of sp³-hybridized carbons (Fsp3) is 0.211. The van der Waals surface area contributed by atoms with Crippen molar-refractivity contribution in [3.05, 3.63) is 65.2 Å². The zero-order valence-electron chi connectivity index (χ0n) is 14.9. The standard InChI is InChI=1S/C19H18F2N2O4/c1-19(2,3)27-17(25)11-7-9-12(10-8-11)22-18(26)23-16(24)15-13(20)5-4-6-14(15)21/h4-10H,1-3H3,(H2,22,23,24,26). The van der Waals surface area contributed by atoms with Gasteiger partial charge < -0.3 is 10.1 Å². The minimum absolute atomic E-state index is 0.265. The lowest BCUT2D eigenvalue weighted by Crippen LogP contribution is -2.35. The molecule has 0 heterocycles. The summed E-state index contributed by atoms with van der Waals surface area (Å²) < 4.78 is 32.3. The van der Waals surface area contributed by atoms with Crippen LogP contribution in [0.1, 0.15) is 41.5 Å². The van der Waals surface area contributed by atoms with Gasteiger partial charge in [0.15, 0.2) is 0 Å². The van der Waals surface area contributed by atoms with Crippen LogP contribution in [0.5, 0.6) is 0 Å². The number of benzene rings is 2. The number of nitrogens with one attached hydrogen (secondary N) is 2. The van der Waals surface area contributed by atoms with Gasteiger partial charge in [-0.15, -0.1) is 0 Å². The van der Waals surface area contributed by atoms with E-state index in [9.17, 15) is 23.2 Å². The Morgan fingerprint density at radius 2 is 1.48 bits per heavy atom. The van der Waals surface area contributed by atoms with Crippen LogP contribution in [0.25, 0.3) is 0 Å². The first-order chi connectivity index (χ1) is 12.6. The van der Waals surface area contributed by atoms with Crippen LogP contribution in [0.2, 0.25) is 0 Å². The Balaban J connectivity index is 2.00. The third kappa shape index (κ3) is 5.60. The van der Waals surface area contributed by atoms with Gasteiger partial charge in [-0.2, -0.15) is 0 Å². The highest BCUT2D eigenvalue weighted by Crippen LogP contribution is 2.15. The molecule has 0 atom stereocenters. The number of carbonyl (C=O) groups is 3. The van der Waals surface area contributed by atoms with E-state index < -0.39 is 40.7 Å². The highest BCUT2D eigenvalue weighted by Gasteiger charge is 2.20. The van der Waals surface area contributed by atoms with Gasteiger partial charge in [0.25, 0.3) is 5.91 Å². The second-order valence-electron chi connectivity index (χ2n) is 6.58. The minimum Gasteiger partial charge on any atom is -0.456 e. The molecule has 0 aliphatic heterocycles. The van der Waals surface area contributed by atoms with Gasteiger partial charge in [-0.3, -0.25) is 10.1 Å². The largest absolute Gasteiger partial charge is 0.456 e. The van der Waals surface area contributed by atoms with Crippen LogP contribution in [0.3, 0.4) is 0 Å². The highest BCUT2D eigenvalue weighted by atomic mass is 19.1.